The van der Waals surface area contributed by atoms with Gasteiger partial charge in [0.05, 0.1) is 0 Å². The molecule has 0 atom stereocenters. The fourth-order valence-electron chi connectivity index (χ4n) is 1.17. The Morgan fingerprint density at radius 1 is 1.18 bits per heavy atom. The Morgan fingerprint density at radius 3 is 2.29 bits per heavy atom. The second-order valence-electron chi connectivity index (χ2n) is 3.16. The predicted molar refractivity (Wildman–Crippen MR) is 50.1 cm³/mol. The summed E-state index contributed by atoms with van der Waals surface area (Å²) in [4.78, 5) is 13.6. The molecular formula is C10H5F3N2O2. The predicted octanol–water partition coefficient (Wildman–Crippen LogP) is 2.57. The van der Waals surface area contributed by atoms with E-state index in [-0.39, 0.29) is 5.82 Å². The van der Waals surface area contributed by atoms with Crippen molar-refractivity contribution in [2.24, 2.45) is 0 Å². The van der Waals surface area contributed by atoms with Crippen molar-refractivity contribution in [1.29, 1.82) is 0 Å². The Kier molecular flexibility index (Phi) is 2.66. The molecule has 7 heteroatoms. The maximum atomic E-state index is 12.2. The fraction of sp³-hybridized carbons (Fsp3) is 0.100. The zero-order valence-corrected chi connectivity index (χ0v) is 8.23. The summed E-state index contributed by atoms with van der Waals surface area (Å²) in [5.41, 5.74) is 0.753. The molecule has 0 fully saturated rings. The molecule has 17 heavy (non-hydrogen) atoms. The van der Waals surface area contributed by atoms with Crippen LogP contribution in [-0.4, -0.2) is 16.4 Å². The van der Waals surface area contributed by atoms with Gasteiger partial charge in [-0.25, -0.2) is 0 Å². The van der Waals surface area contributed by atoms with E-state index in [1.165, 1.54) is 24.3 Å². The molecule has 0 saturated carbocycles. The number of carbonyl (C=O) groups is 1. The summed E-state index contributed by atoms with van der Waals surface area (Å²) >= 11 is 0. The van der Waals surface area contributed by atoms with Crippen LogP contribution in [0.25, 0.3) is 11.4 Å². The zero-order chi connectivity index (χ0) is 12.5. The smallest absolute Gasteiger partial charge is 0.329 e. The summed E-state index contributed by atoms with van der Waals surface area (Å²) < 4.78 is 40.7. The number of nitrogens with zero attached hydrogens (tertiary/aromatic N) is 2. The minimum absolute atomic E-state index is 0.172. The minimum atomic E-state index is -4.66. The van der Waals surface area contributed by atoms with Crippen LogP contribution in [0, 0.1) is 0 Å². The third kappa shape index (κ3) is 2.32. The van der Waals surface area contributed by atoms with Gasteiger partial charge in [-0.15, -0.1) is 0 Å². The first kappa shape index (κ1) is 11.3. The maximum absolute atomic E-state index is 12.2. The van der Waals surface area contributed by atoms with Crippen LogP contribution in [0.5, 0.6) is 0 Å². The second-order valence-corrected chi connectivity index (χ2v) is 3.16. The van der Waals surface area contributed by atoms with Crippen LogP contribution < -0.4 is 0 Å². The van der Waals surface area contributed by atoms with Crippen LogP contribution in [0.3, 0.4) is 0 Å². The molecule has 0 bridgehead atoms. The summed E-state index contributed by atoms with van der Waals surface area (Å²) in [6.07, 6.45) is -4.03. The van der Waals surface area contributed by atoms with Crippen LogP contribution in [0.15, 0.2) is 28.8 Å². The van der Waals surface area contributed by atoms with Gasteiger partial charge in [-0.05, 0) is 0 Å². The van der Waals surface area contributed by atoms with Gasteiger partial charge in [-0.3, -0.25) is 4.79 Å². The number of aromatic nitrogens is 2. The molecular weight excluding hydrogens is 237 g/mol. The number of rotatable bonds is 2. The van der Waals surface area contributed by atoms with E-state index >= 15 is 0 Å². The highest BCUT2D eigenvalue weighted by atomic mass is 19.4. The van der Waals surface area contributed by atoms with Crippen LogP contribution >= 0.6 is 0 Å². The molecule has 0 unspecified atom stereocenters. The van der Waals surface area contributed by atoms with Gasteiger partial charge in [-0.1, -0.05) is 29.4 Å². The molecule has 0 aliphatic carbocycles. The van der Waals surface area contributed by atoms with Gasteiger partial charge >= 0.3 is 12.1 Å². The van der Waals surface area contributed by atoms with Crippen molar-refractivity contribution >= 4 is 6.29 Å². The molecule has 0 N–H and O–H groups in total. The van der Waals surface area contributed by atoms with Gasteiger partial charge in [-0.2, -0.15) is 18.2 Å². The first-order valence-electron chi connectivity index (χ1n) is 4.47. The zero-order valence-electron chi connectivity index (χ0n) is 8.23. The van der Waals surface area contributed by atoms with Gasteiger partial charge in [0.25, 0.3) is 0 Å². The molecule has 2 aromatic rings. The van der Waals surface area contributed by atoms with Crippen molar-refractivity contribution in [2.45, 2.75) is 6.18 Å². The van der Waals surface area contributed by atoms with Crippen molar-refractivity contribution in [3.63, 3.8) is 0 Å². The third-order valence-electron chi connectivity index (χ3n) is 1.97. The first-order chi connectivity index (χ1) is 8.00. The van der Waals surface area contributed by atoms with E-state index in [2.05, 4.69) is 14.7 Å². The molecule has 0 radical (unpaired) electrons. The van der Waals surface area contributed by atoms with Gasteiger partial charge < -0.3 is 4.52 Å². The SMILES string of the molecule is O=Cc1ccc(-c2noc(C(F)(F)F)n2)cc1. The highest BCUT2D eigenvalue weighted by Gasteiger charge is 2.38. The lowest BCUT2D eigenvalue weighted by atomic mass is 10.1. The summed E-state index contributed by atoms with van der Waals surface area (Å²) in [7, 11) is 0. The van der Waals surface area contributed by atoms with E-state index in [1.807, 2.05) is 0 Å². The highest BCUT2D eigenvalue weighted by Crippen LogP contribution is 2.29. The topological polar surface area (TPSA) is 56.0 Å². The second kappa shape index (κ2) is 4.00. The van der Waals surface area contributed by atoms with Crippen LogP contribution in [0.4, 0.5) is 13.2 Å². The largest absolute Gasteiger partial charge is 0.471 e. The molecule has 4 nitrogen and oxygen atoms in total. The van der Waals surface area contributed by atoms with E-state index in [9.17, 15) is 18.0 Å². The van der Waals surface area contributed by atoms with Crippen LogP contribution in [-0.2, 0) is 6.18 Å². The Morgan fingerprint density at radius 2 is 1.82 bits per heavy atom. The monoisotopic (exact) mass is 242 g/mol. The lowest BCUT2D eigenvalue weighted by molar-refractivity contribution is -0.159. The number of benzene rings is 1. The van der Waals surface area contributed by atoms with Gasteiger partial charge in [0, 0.05) is 11.1 Å². The lowest BCUT2D eigenvalue weighted by Gasteiger charge is -1.96. The third-order valence-corrected chi connectivity index (χ3v) is 1.97. The Hall–Kier alpha value is -2.18. The fourth-order valence-corrected chi connectivity index (χ4v) is 1.17. The van der Waals surface area contributed by atoms with E-state index in [4.69, 9.17) is 0 Å². The van der Waals surface area contributed by atoms with E-state index in [1.54, 1.807) is 0 Å². The number of carbonyl (C=O) groups excluding carboxylic acids is 1. The molecule has 2 rings (SSSR count). The van der Waals surface area contributed by atoms with E-state index < -0.39 is 12.1 Å². The number of hydrogen-bond acceptors (Lipinski definition) is 4. The highest BCUT2D eigenvalue weighted by molar-refractivity contribution is 5.76. The molecule has 0 saturated heterocycles. The maximum Gasteiger partial charge on any atom is 0.471 e. The van der Waals surface area contributed by atoms with Crippen LogP contribution in [0.2, 0.25) is 0 Å². The lowest BCUT2D eigenvalue weighted by Crippen LogP contribution is -2.04. The number of alkyl halides is 3. The first-order valence-corrected chi connectivity index (χ1v) is 4.47. The van der Waals surface area contributed by atoms with Crippen molar-refractivity contribution in [3.8, 4) is 11.4 Å². The van der Waals surface area contributed by atoms with Crippen LogP contribution in [0.1, 0.15) is 16.2 Å². The minimum Gasteiger partial charge on any atom is -0.329 e. The normalized spacial score (nSPS) is 11.5. The summed E-state index contributed by atoms with van der Waals surface area (Å²) in [5, 5.41) is 3.21. The van der Waals surface area contributed by atoms with Crippen molar-refractivity contribution in [2.75, 3.05) is 0 Å². The number of aldehydes is 1. The van der Waals surface area contributed by atoms with Crippen molar-refractivity contribution in [3.05, 3.63) is 35.7 Å². The number of hydrogen-bond donors (Lipinski definition) is 0. The molecule has 1 heterocycles. The molecule has 1 aromatic carbocycles. The van der Waals surface area contributed by atoms with Gasteiger partial charge in [0.1, 0.15) is 6.29 Å². The molecule has 0 aliphatic heterocycles. The molecule has 1 aromatic heterocycles. The Labute approximate surface area is 93.1 Å². The Balaban J connectivity index is 2.33. The van der Waals surface area contributed by atoms with E-state index in [0.717, 1.165) is 0 Å². The van der Waals surface area contributed by atoms with E-state index in [0.29, 0.717) is 17.4 Å². The standard InChI is InChI=1S/C10H5F3N2O2/c11-10(12,13)9-14-8(15-17-9)7-3-1-6(5-16)2-4-7/h1-5H. The molecule has 0 aliphatic rings. The van der Waals surface area contributed by atoms with Crippen molar-refractivity contribution < 1.29 is 22.5 Å². The molecule has 0 amide bonds. The van der Waals surface area contributed by atoms with Gasteiger partial charge in [0.2, 0.25) is 5.82 Å². The summed E-state index contributed by atoms with van der Waals surface area (Å²) in [6, 6.07) is 5.78. The quantitative estimate of drug-likeness (QED) is 0.759. The average molecular weight is 242 g/mol. The van der Waals surface area contributed by atoms with Gasteiger partial charge in [0.15, 0.2) is 0 Å². The molecule has 0 spiro atoms. The number of halogens is 3. The summed E-state index contributed by atoms with van der Waals surface area (Å²) in [6.45, 7) is 0. The average Bonchev–Trinajstić information content (AvgIpc) is 2.78. The van der Waals surface area contributed by atoms with Crippen molar-refractivity contribution in [1.82, 2.24) is 10.1 Å². The Bertz CT molecular complexity index is 531. The summed E-state index contributed by atoms with van der Waals surface area (Å²) in [5.74, 6) is -1.57. The molecule has 88 valence electrons.